The summed E-state index contributed by atoms with van der Waals surface area (Å²) in [5, 5.41) is 21.3. The number of aliphatic hydroxyl groups is 2. The molecule has 3 nitrogen and oxygen atoms in total. The molecule has 0 radical (unpaired) electrons. The molecule has 0 aromatic carbocycles. The predicted octanol–water partition coefficient (Wildman–Crippen LogP) is 4.51. The third kappa shape index (κ3) is 3.02. The minimum absolute atomic E-state index is 0.158. The van der Waals surface area contributed by atoms with Crippen molar-refractivity contribution in [3.8, 4) is 0 Å². The molecule has 4 rings (SSSR count). The second-order valence-electron chi connectivity index (χ2n) is 11.3. The first-order chi connectivity index (χ1) is 12.8. The van der Waals surface area contributed by atoms with Gasteiger partial charge in [-0.15, -0.1) is 0 Å². The van der Waals surface area contributed by atoms with Crippen molar-refractivity contribution < 1.29 is 14.9 Å². The van der Waals surface area contributed by atoms with E-state index < -0.39 is 0 Å². The van der Waals surface area contributed by atoms with Gasteiger partial charge in [0, 0.05) is 20.3 Å². The lowest BCUT2D eigenvalue weighted by Gasteiger charge is -2.63. The summed E-state index contributed by atoms with van der Waals surface area (Å²) in [4.78, 5) is 0. The maximum atomic E-state index is 11.5. The monoisotopic (exact) mass is 378 g/mol. The summed E-state index contributed by atoms with van der Waals surface area (Å²) < 4.78 is 5.47. The molecule has 0 aromatic heterocycles. The van der Waals surface area contributed by atoms with Crippen LogP contribution in [0.4, 0.5) is 0 Å². The third-order valence-electron chi connectivity index (χ3n) is 10.2. The molecule has 4 saturated carbocycles. The number of rotatable bonds is 4. The molecule has 3 heteroatoms. The summed E-state index contributed by atoms with van der Waals surface area (Å²) in [5.74, 6) is 4.35. The van der Waals surface area contributed by atoms with Crippen LogP contribution in [0.25, 0.3) is 0 Å². The molecular formula is C24H42O3. The fourth-order valence-electron chi connectivity index (χ4n) is 8.96. The van der Waals surface area contributed by atoms with Crippen LogP contribution in [0.3, 0.4) is 0 Å². The number of aliphatic hydroxyl groups excluding tert-OH is 2. The SMILES string of the molecule is COCC1CCC2(C)C(CCC3C4CCC(C(C)CO)C4(C)CC(O)C32)C1. The zero-order chi connectivity index (χ0) is 19.4. The normalized spacial score (nSPS) is 53.3. The van der Waals surface area contributed by atoms with Gasteiger partial charge in [-0.25, -0.2) is 0 Å². The highest BCUT2D eigenvalue weighted by Crippen LogP contribution is 2.68. The van der Waals surface area contributed by atoms with Crippen LogP contribution in [0, 0.1) is 52.3 Å². The summed E-state index contributed by atoms with van der Waals surface area (Å²) >= 11 is 0. The van der Waals surface area contributed by atoms with E-state index in [1.807, 2.05) is 7.11 Å². The molecule has 4 aliphatic rings. The Morgan fingerprint density at radius 1 is 1.07 bits per heavy atom. The molecule has 0 spiro atoms. The van der Waals surface area contributed by atoms with E-state index in [-0.39, 0.29) is 18.1 Å². The Morgan fingerprint density at radius 3 is 2.56 bits per heavy atom. The summed E-state index contributed by atoms with van der Waals surface area (Å²) in [6.45, 7) is 8.38. The van der Waals surface area contributed by atoms with E-state index in [2.05, 4.69) is 20.8 Å². The molecule has 10 atom stereocenters. The van der Waals surface area contributed by atoms with Gasteiger partial charge in [-0.3, -0.25) is 0 Å². The second kappa shape index (κ2) is 7.29. The van der Waals surface area contributed by atoms with Crippen molar-refractivity contribution >= 4 is 0 Å². The van der Waals surface area contributed by atoms with Gasteiger partial charge in [-0.05, 0) is 104 Å². The highest BCUT2D eigenvalue weighted by Gasteiger charge is 2.63. The fraction of sp³-hybridized carbons (Fsp3) is 1.00. The van der Waals surface area contributed by atoms with Crippen LogP contribution in [0.2, 0.25) is 0 Å². The van der Waals surface area contributed by atoms with Gasteiger partial charge in [0.2, 0.25) is 0 Å². The van der Waals surface area contributed by atoms with Crippen molar-refractivity contribution in [2.45, 2.75) is 78.2 Å². The van der Waals surface area contributed by atoms with E-state index >= 15 is 0 Å². The maximum Gasteiger partial charge on any atom is 0.0581 e. The van der Waals surface area contributed by atoms with Gasteiger partial charge in [0.1, 0.15) is 0 Å². The number of ether oxygens (including phenoxy) is 1. The van der Waals surface area contributed by atoms with Crippen LogP contribution in [0.15, 0.2) is 0 Å². The molecule has 4 fully saturated rings. The lowest BCUT2D eigenvalue weighted by Crippen LogP contribution is -2.59. The molecule has 4 aliphatic carbocycles. The van der Waals surface area contributed by atoms with Crippen molar-refractivity contribution in [1.82, 2.24) is 0 Å². The van der Waals surface area contributed by atoms with E-state index in [0.29, 0.717) is 29.1 Å². The molecule has 2 N–H and O–H groups in total. The van der Waals surface area contributed by atoms with Gasteiger partial charge in [-0.1, -0.05) is 20.8 Å². The standard InChI is InChI=1S/C24H42O3/c1-15(13-25)19-7-8-20-18-6-5-17-11-16(14-27-4)9-10-23(17,2)22(18)21(26)12-24(19,20)3/h15-22,25-26H,5-14H2,1-4H3. The van der Waals surface area contributed by atoms with Crippen molar-refractivity contribution in [3.63, 3.8) is 0 Å². The molecule has 0 aromatic rings. The van der Waals surface area contributed by atoms with E-state index in [9.17, 15) is 10.2 Å². The van der Waals surface area contributed by atoms with Gasteiger partial charge in [0.15, 0.2) is 0 Å². The smallest absolute Gasteiger partial charge is 0.0581 e. The highest BCUT2D eigenvalue weighted by molar-refractivity contribution is 5.12. The number of hydrogen-bond donors (Lipinski definition) is 2. The quantitative estimate of drug-likeness (QED) is 0.757. The Labute approximate surface area is 166 Å². The van der Waals surface area contributed by atoms with Crippen LogP contribution >= 0.6 is 0 Å². The van der Waals surface area contributed by atoms with Gasteiger partial charge < -0.3 is 14.9 Å². The van der Waals surface area contributed by atoms with Gasteiger partial charge >= 0.3 is 0 Å². The van der Waals surface area contributed by atoms with Crippen molar-refractivity contribution in [2.75, 3.05) is 20.3 Å². The summed E-state index contributed by atoms with van der Waals surface area (Å²) in [7, 11) is 1.83. The fourth-order valence-corrected chi connectivity index (χ4v) is 8.96. The molecule has 0 saturated heterocycles. The van der Waals surface area contributed by atoms with E-state index in [1.165, 1.54) is 44.9 Å². The molecule has 156 valence electrons. The van der Waals surface area contributed by atoms with Crippen LogP contribution in [-0.4, -0.2) is 36.6 Å². The topological polar surface area (TPSA) is 49.7 Å². The Morgan fingerprint density at radius 2 is 1.85 bits per heavy atom. The Kier molecular flexibility index (Phi) is 5.44. The first-order valence-electron chi connectivity index (χ1n) is 11.6. The van der Waals surface area contributed by atoms with Crippen LogP contribution < -0.4 is 0 Å². The highest BCUT2D eigenvalue weighted by atomic mass is 16.5. The Hall–Kier alpha value is -0.120. The average Bonchev–Trinajstić information content (AvgIpc) is 2.97. The first kappa shape index (κ1) is 20.2. The zero-order valence-electron chi connectivity index (χ0n) is 18.0. The van der Waals surface area contributed by atoms with E-state index in [1.54, 1.807) is 0 Å². The van der Waals surface area contributed by atoms with Gasteiger partial charge in [0.25, 0.3) is 0 Å². The lowest BCUT2D eigenvalue weighted by atomic mass is 9.43. The Bertz CT molecular complexity index is 536. The molecule has 0 bridgehead atoms. The minimum atomic E-state index is -0.158. The molecular weight excluding hydrogens is 336 g/mol. The van der Waals surface area contributed by atoms with Crippen molar-refractivity contribution in [2.24, 2.45) is 52.3 Å². The second-order valence-corrected chi connectivity index (χ2v) is 11.3. The van der Waals surface area contributed by atoms with Crippen LogP contribution in [0.1, 0.15) is 72.1 Å². The first-order valence-corrected chi connectivity index (χ1v) is 11.6. The molecule has 27 heavy (non-hydrogen) atoms. The van der Waals surface area contributed by atoms with Gasteiger partial charge in [-0.2, -0.15) is 0 Å². The number of fused-ring (bicyclic) bond motifs is 5. The largest absolute Gasteiger partial charge is 0.396 e. The molecule has 0 amide bonds. The third-order valence-corrected chi connectivity index (χ3v) is 10.2. The minimum Gasteiger partial charge on any atom is -0.396 e. The van der Waals surface area contributed by atoms with E-state index in [0.717, 1.165) is 30.8 Å². The summed E-state index contributed by atoms with van der Waals surface area (Å²) in [5.41, 5.74) is 0.535. The van der Waals surface area contributed by atoms with E-state index in [4.69, 9.17) is 4.74 Å². The Balaban J connectivity index is 1.58. The lowest BCUT2D eigenvalue weighted by molar-refractivity contribution is -0.177. The molecule has 10 unspecified atom stereocenters. The number of methoxy groups -OCH3 is 1. The average molecular weight is 379 g/mol. The van der Waals surface area contributed by atoms with Crippen molar-refractivity contribution in [1.29, 1.82) is 0 Å². The van der Waals surface area contributed by atoms with Crippen molar-refractivity contribution in [3.05, 3.63) is 0 Å². The molecule has 0 aliphatic heterocycles. The predicted molar refractivity (Wildman–Crippen MR) is 108 cm³/mol. The van der Waals surface area contributed by atoms with Crippen LogP contribution in [0.5, 0.6) is 0 Å². The van der Waals surface area contributed by atoms with Gasteiger partial charge in [0.05, 0.1) is 6.10 Å². The summed E-state index contributed by atoms with van der Waals surface area (Å²) in [6, 6.07) is 0. The molecule has 0 heterocycles. The maximum absolute atomic E-state index is 11.5. The summed E-state index contributed by atoms with van der Waals surface area (Å²) in [6.07, 6.45) is 9.84. The zero-order valence-corrected chi connectivity index (χ0v) is 18.0. The van der Waals surface area contributed by atoms with Crippen LogP contribution in [-0.2, 0) is 4.74 Å². The number of hydrogen-bond acceptors (Lipinski definition) is 3.